The first-order valence-corrected chi connectivity index (χ1v) is 7.60. The molecule has 1 aromatic rings. The summed E-state index contributed by atoms with van der Waals surface area (Å²) in [5.74, 6) is 0.0903. The minimum atomic E-state index is 0.0126. The Hall–Kier alpha value is -1.88. The zero-order chi connectivity index (χ0) is 15.2. The van der Waals surface area contributed by atoms with Crippen molar-refractivity contribution in [2.45, 2.75) is 19.8 Å². The Morgan fingerprint density at radius 2 is 1.81 bits per heavy atom. The van der Waals surface area contributed by atoms with Crippen LogP contribution in [0.4, 0.5) is 5.69 Å². The molecule has 1 saturated heterocycles. The second-order valence-corrected chi connectivity index (χ2v) is 5.62. The smallest absolute Gasteiger partial charge is 0.254 e. The maximum atomic E-state index is 12.4. The van der Waals surface area contributed by atoms with Gasteiger partial charge in [0.1, 0.15) is 0 Å². The van der Waals surface area contributed by atoms with Crippen molar-refractivity contribution < 1.29 is 14.5 Å². The number of hydrogen-bond acceptors (Lipinski definition) is 2. The second kappa shape index (κ2) is 7.22. The van der Waals surface area contributed by atoms with E-state index in [1.165, 1.54) is 4.90 Å². The largest absolute Gasteiger partial charge is 0.334 e. The molecule has 0 aliphatic carbocycles. The topological polar surface area (TPSA) is 53.9 Å². The van der Waals surface area contributed by atoms with Gasteiger partial charge in [-0.3, -0.25) is 9.59 Å². The molecule has 0 unspecified atom stereocenters. The van der Waals surface area contributed by atoms with Gasteiger partial charge in [0.15, 0.2) is 0 Å². The molecule has 1 aromatic carbocycles. The molecule has 0 spiro atoms. The third-order valence-electron chi connectivity index (χ3n) is 3.80. The summed E-state index contributed by atoms with van der Waals surface area (Å²) in [6, 6.07) is 7.16. The van der Waals surface area contributed by atoms with Gasteiger partial charge in [0, 0.05) is 17.7 Å². The first-order chi connectivity index (χ1) is 10.1. The number of carbonyl (C=O) groups is 2. The fraction of sp³-hybridized carbons (Fsp3) is 0.500. The molecule has 1 fully saturated rings. The molecule has 2 rings (SSSR count). The molecule has 5 heteroatoms. The quantitative estimate of drug-likeness (QED) is 0.843. The Bertz CT molecular complexity index is 491. The lowest BCUT2D eigenvalue weighted by molar-refractivity contribution is -0.883. The van der Waals surface area contributed by atoms with Gasteiger partial charge in [0.05, 0.1) is 33.2 Å². The van der Waals surface area contributed by atoms with Gasteiger partial charge in [0.25, 0.3) is 5.91 Å². The van der Waals surface area contributed by atoms with E-state index >= 15 is 0 Å². The summed E-state index contributed by atoms with van der Waals surface area (Å²) in [6.45, 7) is 5.58. The molecule has 0 bridgehead atoms. The Morgan fingerprint density at radius 3 is 2.38 bits per heavy atom. The number of nitrogens with zero attached hydrogens (tertiary/aromatic N) is 1. The van der Waals surface area contributed by atoms with Crippen LogP contribution >= 0.6 is 0 Å². The fourth-order valence-corrected chi connectivity index (χ4v) is 2.42. The summed E-state index contributed by atoms with van der Waals surface area (Å²) >= 11 is 0. The molecule has 2 amide bonds. The molecular formula is C16H24N3O2+. The van der Waals surface area contributed by atoms with Crippen molar-refractivity contribution in [3.63, 3.8) is 0 Å². The van der Waals surface area contributed by atoms with Crippen LogP contribution < -0.4 is 10.2 Å². The van der Waals surface area contributed by atoms with E-state index in [1.54, 1.807) is 24.3 Å². The van der Waals surface area contributed by atoms with Gasteiger partial charge >= 0.3 is 0 Å². The number of nitrogens with one attached hydrogen (secondary N) is 2. The standard InChI is InChI=1S/C16H23N3O2/c1-3-4-15(20)17-14-7-5-13(6-8-14)16(21)19-11-9-18(2)10-12-19/h5-8H,3-4,9-12H2,1-2H3,(H,17,20)/p+1. The Balaban J connectivity index is 1.95. The van der Waals surface area contributed by atoms with Crippen LogP contribution in [0.15, 0.2) is 24.3 Å². The number of quaternary nitrogens is 1. The first-order valence-electron chi connectivity index (χ1n) is 7.60. The average Bonchev–Trinajstić information content (AvgIpc) is 2.48. The Morgan fingerprint density at radius 1 is 1.19 bits per heavy atom. The van der Waals surface area contributed by atoms with E-state index in [4.69, 9.17) is 0 Å². The number of likely N-dealkylation sites (N-methyl/N-ethyl adjacent to an activating group) is 1. The predicted molar refractivity (Wildman–Crippen MR) is 82.5 cm³/mol. The van der Waals surface area contributed by atoms with Crippen LogP contribution in [-0.2, 0) is 4.79 Å². The molecule has 5 nitrogen and oxygen atoms in total. The van der Waals surface area contributed by atoms with Gasteiger partial charge in [-0.2, -0.15) is 0 Å². The van der Waals surface area contributed by atoms with E-state index in [9.17, 15) is 9.59 Å². The maximum Gasteiger partial charge on any atom is 0.254 e. The molecule has 0 atom stereocenters. The van der Waals surface area contributed by atoms with Crippen molar-refractivity contribution in [1.82, 2.24) is 4.90 Å². The molecule has 0 radical (unpaired) electrons. The van der Waals surface area contributed by atoms with Gasteiger partial charge < -0.3 is 15.1 Å². The maximum absolute atomic E-state index is 12.4. The molecular weight excluding hydrogens is 266 g/mol. The van der Waals surface area contributed by atoms with Gasteiger partial charge in [0.2, 0.25) is 5.91 Å². The van der Waals surface area contributed by atoms with Crippen LogP contribution in [-0.4, -0.2) is 49.9 Å². The van der Waals surface area contributed by atoms with Crippen LogP contribution in [0.5, 0.6) is 0 Å². The number of benzene rings is 1. The van der Waals surface area contributed by atoms with Gasteiger partial charge in [-0.05, 0) is 30.7 Å². The van der Waals surface area contributed by atoms with Crippen molar-refractivity contribution in [3.05, 3.63) is 29.8 Å². The molecule has 1 heterocycles. The summed E-state index contributed by atoms with van der Waals surface area (Å²) in [6.07, 6.45) is 1.35. The van der Waals surface area contributed by atoms with E-state index < -0.39 is 0 Å². The summed E-state index contributed by atoms with van der Waals surface area (Å²) < 4.78 is 0. The van der Waals surface area contributed by atoms with Crippen LogP contribution in [0.25, 0.3) is 0 Å². The van der Waals surface area contributed by atoms with Crippen LogP contribution in [0.1, 0.15) is 30.1 Å². The number of rotatable bonds is 4. The van der Waals surface area contributed by atoms with Crippen LogP contribution in [0, 0.1) is 0 Å². The fourth-order valence-electron chi connectivity index (χ4n) is 2.42. The summed E-state index contributed by atoms with van der Waals surface area (Å²) in [7, 11) is 2.15. The number of hydrogen-bond donors (Lipinski definition) is 2. The Kier molecular flexibility index (Phi) is 5.33. The molecule has 0 aromatic heterocycles. The molecule has 1 aliphatic rings. The molecule has 2 N–H and O–H groups in total. The van der Waals surface area contributed by atoms with Crippen molar-refractivity contribution in [3.8, 4) is 0 Å². The number of carbonyl (C=O) groups excluding carboxylic acids is 2. The highest BCUT2D eigenvalue weighted by atomic mass is 16.2. The average molecular weight is 290 g/mol. The first kappa shape index (κ1) is 15.5. The van der Waals surface area contributed by atoms with Gasteiger partial charge in [-0.1, -0.05) is 6.92 Å². The summed E-state index contributed by atoms with van der Waals surface area (Å²) in [5, 5.41) is 2.83. The third kappa shape index (κ3) is 4.29. The van der Waals surface area contributed by atoms with E-state index in [2.05, 4.69) is 12.4 Å². The zero-order valence-corrected chi connectivity index (χ0v) is 12.8. The second-order valence-electron chi connectivity index (χ2n) is 5.62. The lowest BCUT2D eigenvalue weighted by atomic mass is 10.1. The minimum Gasteiger partial charge on any atom is -0.334 e. The van der Waals surface area contributed by atoms with Crippen molar-refractivity contribution in [1.29, 1.82) is 0 Å². The number of piperazine rings is 1. The number of amides is 2. The van der Waals surface area contributed by atoms with Crippen LogP contribution in [0.3, 0.4) is 0 Å². The van der Waals surface area contributed by atoms with E-state index in [1.807, 2.05) is 11.8 Å². The highest BCUT2D eigenvalue weighted by Gasteiger charge is 2.22. The van der Waals surface area contributed by atoms with Crippen molar-refractivity contribution >= 4 is 17.5 Å². The predicted octanol–water partition coefficient (Wildman–Crippen LogP) is 0.396. The van der Waals surface area contributed by atoms with Crippen LogP contribution in [0.2, 0.25) is 0 Å². The van der Waals surface area contributed by atoms with Gasteiger partial charge in [-0.25, -0.2) is 0 Å². The highest BCUT2D eigenvalue weighted by Crippen LogP contribution is 2.12. The monoisotopic (exact) mass is 290 g/mol. The van der Waals surface area contributed by atoms with Gasteiger partial charge in [-0.15, -0.1) is 0 Å². The van der Waals surface area contributed by atoms with Crippen molar-refractivity contribution in [2.75, 3.05) is 38.5 Å². The molecule has 21 heavy (non-hydrogen) atoms. The van der Waals surface area contributed by atoms with E-state index in [0.717, 1.165) is 38.3 Å². The number of anilines is 1. The molecule has 114 valence electrons. The Labute approximate surface area is 125 Å². The van der Waals surface area contributed by atoms with E-state index in [0.29, 0.717) is 12.0 Å². The minimum absolute atomic E-state index is 0.0126. The SMILES string of the molecule is CCCC(=O)Nc1ccc(C(=O)N2CC[NH+](C)CC2)cc1. The van der Waals surface area contributed by atoms with E-state index in [-0.39, 0.29) is 11.8 Å². The highest BCUT2D eigenvalue weighted by molar-refractivity contribution is 5.95. The zero-order valence-electron chi connectivity index (χ0n) is 12.8. The lowest BCUT2D eigenvalue weighted by Crippen LogP contribution is -3.12. The normalized spacial score (nSPS) is 15.8. The molecule has 0 saturated carbocycles. The third-order valence-corrected chi connectivity index (χ3v) is 3.80. The summed E-state index contributed by atoms with van der Waals surface area (Å²) in [5.41, 5.74) is 1.43. The lowest BCUT2D eigenvalue weighted by Gasteiger charge is -2.30. The summed E-state index contributed by atoms with van der Waals surface area (Å²) in [4.78, 5) is 27.3. The molecule has 1 aliphatic heterocycles. The van der Waals surface area contributed by atoms with Crippen molar-refractivity contribution in [2.24, 2.45) is 0 Å².